The average molecular weight is 253 g/mol. The third-order valence-corrected chi connectivity index (χ3v) is 3.06. The molecule has 0 heterocycles. The largest absolute Gasteiger partial charge is 0.325 e. The molecule has 0 radical (unpaired) electrons. The highest BCUT2D eigenvalue weighted by molar-refractivity contribution is 6.30. The van der Waals surface area contributed by atoms with Gasteiger partial charge in [0.1, 0.15) is 0 Å². The zero-order valence-corrected chi connectivity index (χ0v) is 10.5. The number of halogens is 1. The lowest BCUT2D eigenvalue weighted by Crippen LogP contribution is -2.28. The molecule has 1 fully saturated rings. The Balaban J connectivity index is 1.65. The number of carbonyl (C=O) groups is 1. The van der Waals surface area contributed by atoms with Gasteiger partial charge in [-0.25, -0.2) is 0 Å². The van der Waals surface area contributed by atoms with Crippen molar-refractivity contribution in [3.63, 3.8) is 0 Å². The Labute approximate surface area is 107 Å². The van der Waals surface area contributed by atoms with Crippen molar-refractivity contribution in [3.05, 3.63) is 29.3 Å². The second kappa shape index (κ2) is 6.03. The van der Waals surface area contributed by atoms with Crippen molar-refractivity contribution in [2.75, 3.05) is 18.4 Å². The van der Waals surface area contributed by atoms with Gasteiger partial charge in [0.15, 0.2) is 0 Å². The molecule has 1 saturated carbocycles. The first-order valence-corrected chi connectivity index (χ1v) is 6.38. The van der Waals surface area contributed by atoms with Gasteiger partial charge in [0.2, 0.25) is 5.91 Å². The van der Waals surface area contributed by atoms with Gasteiger partial charge in [0, 0.05) is 10.7 Å². The fourth-order valence-electron chi connectivity index (χ4n) is 1.69. The third kappa shape index (κ3) is 4.75. The van der Waals surface area contributed by atoms with Crippen molar-refractivity contribution in [1.82, 2.24) is 5.32 Å². The Bertz CT molecular complexity index is 391. The Morgan fingerprint density at radius 2 is 2.24 bits per heavy atom. The summed E-state index contributed by atoms with van der Waals surface area (Å²) < 4.78 is 0. The predicted octanol–water partition coefficient (Wildman–Crippen LogP) is 2.67. The standard InChI is InChI=1S/C13H17ClN2O/c14-11-2-1-3-12(8-11)16-13(17)9-15-7-6-10-4-5-10/h1-3,8,10,15H,4-7,9H2,(H,16,17). The molecule has 0 bridgehead atoms. The van der Waals surface area contributed by atoms with E-state index in [0.717, 1.165) is 18.2 Å². The van der Waals surface area contributed by atoms with Gasteiger partial charge in [-0.15, -0.1) is 0 Å². The topological polar surface area (TPSA) is 41.1 Å². The molecule has 1 aliphatic rings. The van der Waals surface area contributed by atoms with E-state index in [9.17, 15) is 4.79 Å². The van der Waals surface area contributed by atoms with Crippen molar-refractivity contribution < 1.29 is 4.79 Å². The number of hydrogen-bond acceptors (Lipinski definition) is 2. The van der Waals surface area contributed by atoms with Crippen molar-refractivity contribution >= 4 is 23.2 Å². The normalized spacial score (nSPS) is 14.6. The van der Waals surface area contributed by atoms with Gasteiger partial charge in [0.25, 0.3) is 0 Å². The molecule has 0 aromatic heterocycles. The summed E-state index contributed by atoms with van der Waals surface area (Å²) in [7, 11) is 0. The van der Waals surface area contributed by atoms with Crippen LogP contribution >= 0.6 is 11.6 Å². The van der Waals surface area contributed by atoms with E-state index < -0.39 is 0 Å². The lowest BCUT2D eigenvalue weighted by molar-refractivity contribution is -0.115. The summed E-state index contributed by atoms with van der Waals surface area (Å²) in [6.07, 6.45) is 3.90. The molecule has 0 aliphatic heterocycles. The van der Waals surface area contributed by atoms with Gasteiger partial charge in [-0.3, -0.25) is 4.79 Å². The van der Waals surface area contributed by atoms with Crippen LogP contribution in [0.2, 0.25) is 5.02 Å². The summed E-state index contributed by atoms with van der Waals surface area (Å²) in [6.45, 7) is 1.28. The summed E-state index contributed by atoms with van der Waals surface area (Å²) in [5, 5.41) is 6.58. The van der Waals surface area contributed by atoms with E-state index in [-0.39, 0.29) is 5.91 Å². The summed E-state index contributed by atoms with van der Waals surface area (Å²) in [5.41, 5.74) is 0.742. The van der Waals surface area contributed by atoms with Gasteiger partial charge in [-0.1, -0.05) is 30.5 Å². The van der Waals surface area contributed by atoms with Crippen molar-refractivity contribution in [3.8, 4) is 0 Å². The molecular weight excluding hydrogens is 236 g/mol. The van der Waals surface area contributed by atoms with Crippen LogP contribution in [0.25, 0.3) is 0 Å². The van der Waals surface area contributed by atoms with Crippen LogP contribution in [0.3, 0.4) is 0 Å². The highest BCUT2D eigenvalue weighted by atomic mass is 35.5. The molecule has 3 nitrogen and oxygen atoms in total. The minimum atomic E-state index is -0.0249. The highest BCUT2D eigenvalue weighted by Gasteiger charge is 2.20. The maximum atomic E-state index is 11.6. The minimum absolute atomic E-state index is 0.0249. The van der Waals surface area contributed by atoms with Gasteiger partial charge < -0.3 is 10.6 Å². The Kier molecular flexibility index (Phi) is 4.40. The Morgan fingerprint density at radius 1 is 1.41 bits per heavy atom. The molecule has 1 amide bonds. The molecule has 1 aliphatic carbocycles. The predicted molar refractivity (Wildman–Crippen MR) is 70.3 cm³/mol. The Morgan fingerprint density at radius 3 is 2.94 bits per heavy atom. The lowest BCUT2D eigenvalue weighted by atomic mass is 10.3. The molecule has 0 saturated heterocycles. The molecule has 92 valence electrons. The molecule has 0 atom stereocenters. The van der Waals surface area contributed by atoms with Crippen LogP contribution in [-0.2, 0) is 4.79 Å². The molecule has 1 aromatic rings. The second-order valence-electron chi connectivity index (χ2n) is 4.47. The quantitative estimate of drug-likeness (QED) is 0.765. The van der Waals surface area contributed by atoms with E-state index in [0.29, 0.717) is 11.6 Å². The van der Waals surface area contributed by atoms with Crippen LogP contribution in [0, 0.1) is 5.92 Å². The number of carbonyl (C=O) groups excluding carboxylic acids is 1. The van der Waals surface area contributed by atoms with Gasteiger partial charge in [-0.2, -0.15) is 0 Å². The maximum absolute atomic E-state index is 11.6. The fourth-order valence-corrected chi connectivity index (χ4v) is 1.88. The maximum Gasteiger partial charge on any atom is 0.238 e. The molecular formula is C13H17ClN2O. The number of amides is 1. The first kappa shape index (κ1) is 12.4. The van der Waals surface area contributed by atoms with Crippen molar-refractivity contribution in [2.45, 2.75) is 19.3 Å². The second-order valence-corrected chi connectivity index (χ2v) is 4.90. The molecule has 17 heavy (non-hydrogen) atoms. The summed E-state index contributed by atoms with van der Waals surface area (Å²) in [6, 6.07) is 7.17. The summed E-state index contributed by atoms with van der Waals surface area (Å²) in [5.74, 6) is 0.876. The molecule has 0 unspecified atom stereocenters. The Hall–Kier alpha value is -1.06. The molecule has 4 heteroatoms. The smallest absolute Gasteiger partial charge is 0.238 e. The van der Waals surface area contributed by atoms with Crippen LogP contribution in [0.15, 0.2) is 24.3 Å². The average Bonchev–Trinajstić information content (AvgIpc) is 3.08. The van der Waals surface area contributed by atoms with Crippen molar-refractivity contribution in [1.29, 1.82) is 0 Å². The zero-order chi connectivity index (χ0) is 12.1. The fraction of sp³-hybridized carbons (Fsp3) is 0.462. The molecule has 2 N–H and O–H groups in total. The van der Waals surface area contributed by atoms with Crippen molar-refractivity contribution in [2.24, 2.45) is 5.92 Å². The number of nitrogens with one attached hydrogen (secondary N) is 2. The summed E-state index contributed by atoms with van der Waals surface area (Å²) in [4.78, 5) is 11.6. The molecule has 2 rings (SSSR count). The minimum Gasteiger partial charge on any atom is -0.325 e. The lowest BCUT2D eigenvalue weighted by Gasteiger charge is -2.06. The first-order chi connectivity index (χ1) is 8.24. The monoisotopic (exact) mass is 252 g/mol. The third-order valence-electron chi connectivity index (χ3n) is 2.82. The van der Waals surface area contributed by atoms with Gasteiger partial charge in [0.05, 0.1) is 6.54 Å². The van der Waals surface area contributed by atoms with Crippen LogP contribution in [-0.4, -0.2) is 19.0 Å². The van der Waals surface area contributed by atoms with Crippen LogP contribution in [0.5, 0.6) is 0 Å². The van der Waals surface area contributed by atoms with E-state index in [1.54, 1.807) is 12.1 Å². The number of benzene rings is 1. The van der Waals surface area contributed by atoms with Gasteiger partial charge in [-0.05, 0) is 37.1 Å². The molecule has 0 spiro atoms. The van der Waals surface area contributed by atoms with Gasteiger partial charge >= 0.3 is 0 Å². The van der Waals surface area contributed by atoms with Crippen LogP contribution in [0.4, 0.5) is 5.69 Å². The number of hydrogen-bond donors (Lipinski definition) is 2. The summed E-state index contributed by atoms with van der Waals surface area (Å²) >= 11 is 5.83. The van der Waals surface area contributed by atoms with E-state index in [1.165, 1.54) is 19.3 Å². The van der Waals surface area contributed by atoms with E-state index in [4.69, 9.17) is 11.6 Å². The first-order valence-electron chi connectivity index (χ1n) is 6.00. The van der Waals surface area contributed by atoms with E-state index in [2.05, 4.69) is 10.6 Å². The number of rotatable bonds is 6. The highest BCUT2D eigenvalue weighted by Crippen LogP contribution is 2.31. The number of anilines is 1. The van der Waals surface area contributed by atoms with Crippen LogP contribution < -0.4 is 10.6 Å². The van der Waals surface area contributed by atoms with E-state index in [1.807, 2.05) is 12.1 Å². The SMILES string of the molecule is O=C(CNCCC1CC1)Nc1cccc(Cl)c1. The molecule has 1 aromatic carbocycles. The van der Waals surface area contributed by atoms with Crippen LogP contribution in [0.1, 0.15) is 19.3 Å². The van der Waals surface area contributed by atoms with E-state index >= 15 is 0 Å². The zero-order valence-electron chi connectivity index (χ0n) is 9.71.